The van der Waals surface area contributed by atoms with Crippen molar-refractivity contribution in [2.24, 2.45) is 0 Å². The van der Waals surface area contributed by atoms with E-state index >= 15 is 0 Å². The Balaban J connectivity index is 1.68. The van der Waals surface area contributed by atoms with Crippen LogP contribution in [0.5, 0.6) is 0 Å². The highest BCUT2D eigenvalue weighted by molar-refractivity contribution is 7.93. The van der Waals surface area contributed by atoms with E-state index in [4.69, 9.17) is 23.2 Å². The molecule has 0 saturated carbocycles. The highest BCUT2D eigenvalue weighted by Crippen LogP contribution is 2.29. The number of halogens is 2. The Morgan fingerprint density at radius 1 is 0.459 bits per heavy atom. The summed E-state index contributed by atoms with van der Waals surface area (Å²) < 4.78 is 82.9. The summed E-state index contributed by atoms with van der Waals surface area (Å²) in [6.07, 6.45) is 0. The topological polar surface area (TPSA) is 126 Å². The zero-order valence-electron chi connectivity index (χ0n) is 18.7. The predicted octanol–water partition coefficient (Wildman–Crippen LogP) is 5.43. The van der Waals surface area contributed by atoms with Crippen molar-refractivity contribution >= 4 is 64.5 Å². The van der Waals surface area contributed by atoms with Gasteiger partial charge in [-0.25, -0.2) is 25.3 Å². The number of sulfonamides is 2. The average molecular weight is 598 g/mol. The third kappa shape index (κ3) is 5.91. The van der Waals surface area contributed by atoms with Crippen LogP contribution in [0.25, 0.3) is 0 Å². The maximum Gasteiger partial charge on any atom is 0.261 e. The molecule has 2 N–H and O–H groups in total. The van der Waals surface area contributed by atoms with Gasteiger partial charge in [-0.1, -0.05) is 59.6 Å². The van der Waals surface area contributed by atoms with Crippen molar-refractivity contribution in [2.75, 3.05) is 9.44 Å². The largest absolute Gasteiger partial charge is 0.278 e. The number of para-hydroxylation sites is 2. The Morgan fingerprint density at radius 2 is 0.811 bits per heavy atom. The lowest BCUT2D eigenvalue weighted by atomic mass is 10.3. The van der Waals surface area contributed by atoms with Crippen LogP contribution in [-0.2, 0) is 29.9 Å². The average Bonchev–Trinajstić information content (AvgIpc) is 2.87. The number of hydrogen-bond acceptors (Lipinski definition) is 6. The van der Waals surface area contributed by atoms with Crippen LogP contribution in [0.3, 0.4) is 0 Å². The molecular formula is C24H18Cl2N2O6S3. The summed E-state index contributed by atoms with van der Waals surface area (Å²) in [7, 11) is -12.7. The summed E-state index contributed by atoms with van der Waals surface area (Å²) in [5.74, 6) is 0. The number of rotatable bonds is 8. The van der Waals surface area contributed by atoms with Crippen molar-refractivity contribution in [1.82, 2.24) is 0 Å². The minimum atomic E-state index is -4.30. The second-order valence-electron chi connectivity index (χ2n) is 7.62. The molecule has 0 fully saturated rings. The maximum absolute atomic E-state index is 13.3. The number of sulfone groups is 1. The van der Waals surface area contributed by atoms with Crippen molar-refractivity contribution in [2.45, 2.75) is 19.6 Å². The van der Waals surface area contributed by atoms with Gasteiger partial charge in [0.05, 0.1) is 41.0 Å². The summed E-state index contributed by atoms with van der Waals surface area (Å²) in [5.41, 5.74) is 0.253. The van der Waals surface area contributed by atoms with Crippen LogP contribution in [0.4, 0.5) is 11.4 Å². The molecule has 0 aliphatic rings. The fraction of sp³-hybridized carbons (Fsp3) is 0. The predicted molar refractivity (Wildman–Crippen MR) is 143 cm³/mol. The van der Waals surface area contributed by atoms with Gasteiger partial charge in [0, 0.05) is 0 Å². The normalized spacial score (nSPS) is 12.2. The van der Waals surface area contributed by atoms with Crippen molar-refractivity contribution in [3.8, 4) is 0 Å². The first kappa shape index (κ1) is 27.0. The Kier molecular flexibility index (Phi) is 7.54. The Hall–Kier alpha value is -3.09. The van der Waals surface area contributed by atoms with E-state index in [1.165, 1.54) is 60.7 Å². The third-order valence-corrected chi connectivity index (χ3v) is 10.2. The number of benzene rings is 4. The molecule has 13 heteroatoms. The van der Waals surface area contributed by atoms with Crippen LogP contribution in [-0.4, -0.2) is 25.3 Å². The zero-order valence-corrected chi connectivity index (χ0v) is 22.6. The molecule has 4 aromatic rings. The summed E-state index contributed by atoms with van der Waals surface area (Å²) in [4.78, 5) is -1.33. The van der Waals surface area contributed by atoms with E-state index in [2.05, 4.69) is 9.44 Å². The van der Waals surface area contributed by atoms with Gasteiger partial charge >= 0.3 is 0 Å². The summed E-state index contributed by atoms with van der Waals surface area (Å²) in [6, 6.07) is 21.8. The molecule has 0 aromatic heterocycles. The van der Waals surface area contributed by atoms with Crippen LogP contribution >= 0.6 is 23.2 Å². The lowest BCUT2D eigenvalue weighted by Crippen LogP contribution is -2.15. The van der Waals surface area contributed by atoms with Gasteiger partial charge in [0.2, 0.25) is 9.84 Å². The van der Waals surface area contributed by atoms with Gasteiger partial charge < -0.3 is 0 Å². The monoisotopic (exact) mass is 596 g/mol. The molecule has 4 aromatic carbocycles. The lowest BCUT2D eigenvalue weighted by molar-refractivity contribution is 0.595. The van der Waals surface area contributed by atoms with E-state index in [0.29, 0.717) is 0 Å². The van der Waals surface area contributed by atoms with Gasteiger partial charge in [0.25, 0.3) is 20.0 Å². The molecule has 8 nitrogen and oxygen atoms in total. The Bertz CT molecular complexity index is 1680. The van der Waals surface area contributed by atoms with Gasteiger partial charge in [0.1, 0.15) is 0 Å². The van der Waals surface area contributed by atoms with Crippen LogP contribution < -0.4 is 9.44 Å². The van der Waals surface area contributed by atoms with Gasteiger partial charge in [-0.05, 0) is 60.7 Å². The first-order valence-corrected chi connectivity index (χ1v) is 15.6. The minimum absolute atomic E-state index is 0.126. The molecule has 0 saturated heterocycles. The van der Waals surface area contributed by atoms with Crippen molar-refractivity contribution in [1.29, 1.82) is 0 Å². The quantitative estimate of drug-likeness (QED) is 0.279. The molecule has 4 rings (SSSR count). The van der Waals surface area contributed by atoms with E-state index in [0.717, 1.165) is 12.1 Å². The fourth-order valence-corrected chi connectivity index (χ4v) is 7.48. The van der Waals surface area contributed by atoms with Gasteiger partial charge in [-0.2, -0.15) is 0 Å². The van der Waals surface area contributed by atoms with E-state index in [-0.39, 0.29) is 41.0 Å². The first-order chi connectivity index (χ1) is 17.4. The first-order valence-electron chi connectivity index (χ1n) is 10.4. The summed E-state index contributed by atoms with van der Waals surface area (Å²) in [5, 5.41) is 0.330. The lowest BCUT2D eigenvalue weighted by Gasteiger charge is -2.12. The van der Waals surface area contributed by atoms with Gasteiger partial charge in [0.15, 0.2) is 0 Å². The van der Waals surface area contributed by atoms with Crippen LogP contribution in [0, 0.1) is 0 Å². The second-order valence-corrected chi connectivity index (χ2v) is 13.8. The van der Waals surface area contributed by atoms with E-state index in [1.54, 1.807) is 24.3 Å². The highest BCUT2D eigenvalue weighted by Gasteiger charge is 2.24. The van der Waals surface area contributed by atoms with E-state index in [1.807, 2.05) is 0 Å². The van der Waals surface area contributed by atoms with E-state index in [9.17, 15) is 25.3 Å². The van der Waals surface area contributed by atoms with Crippen LogP contribution in [0.15, 0.2) is 117 Å². The fourth-order valence-electron chi connectivity index (χ4n) is 3.25. The Morgan fingerprint density at radius 3 is 1.19 bits per heavy atom. The van der Waals surface area contributed by atoms with Crippen LogP contribution in [0.2, 0.25) is 10.0 Å². The highest BCUT2D eigenvalue weighted by atomic mass is 35.5. The smallest absolute Gasteiger partial charge is 0.261 e. The molecule has 0 spiro atoms. The van der Waals surface area contributed by atoms with Crippen molar-refractivity contribution in [3.05, 3.63) is 107 Å². The van der Waals surface area contributed by atoms with Gasteiger partial charge in [-0.15, -0.1) is 0 Å². The molecule has 0 amide bonds. The molecule has 0 aliphatic carbocycles. The standard InChI is InChI=1S/C24H18Cl2N2O6S3/c25-21-11-1-3-13-23(21)27-36(31,32)19-9-5-7-17(15-19)35(29,30)18-8-6-10-20(16-18)37(33,34)28-24-14-4-2-12-22(24)26/h1-16,27-28H. The van der Waals surface area contributed by atoms with Gasteiger partial charge in [-0.3, -0.25) is 9.44 Å². The molecule has 37 heavy (non-hydrogen) atoms. The summed E-state index contributed by atoms with van der Waals surface area (Å²) in [6.45, 7) is 0. The van der Waals surface area contributed by atoms with Crippen molar-refractivity contribution in [3.63, 3.8) is 0 Å². The van der Waals surface area contributed by atoms with Crippen molar-refractivity contribution < 1.29 is 25.3 Å². The molecule has 0 bridgehead atoms. The number of anilines is 2. The second kappa shape index (κ2) is 10.3. The van der Waals surface area contributed by atoms with E-state index < -0.39 is 29.9 Å². The Labute approximate surface area is 224 Å². The summed E-state index contributed by atoms with van der Waals surface area (Å²) >= 11 is 12.1. The molecule has 0 atom stereocenters. The molecule has 192 valence electrons. The zero-order chi connectivity index (χ0) is 26.8. The molecule has 0 unspecified atom stereocenters. The number of hydrogen-bond donors (Lipinski definition) is 2. The molecule has 0 heterocycles. The van der Waals surface area contributed by atoms with Crippen LogP contribution in [0.1, 0.15) is 0 Å². The minimum Gasteiger partial charge on any atom is -0.278 e. The molecule has 0 aliphatic heterocycles. The SMILES string of the molecule is O=S(=O)(Nc1ccccc1Cl)c1cccc(S(=O)(=O)c2cccc(S(=O)(=O)Nc3ccccc3Cl)c2)c1. The number of nitrogens with one attached hydrogen (secondary N) is 2. The third-order valence-electron chi connectivity index (χ3n) is 5.09. The maximum atomic E-state index is 13.3. The molecule has 0 radical (unpaired) electrons. The molecular weight excluding hydrogens is 579 g/mol.